The second kappa shape index (κ2) is 9.98. The monoisotopic (exact) mass is 306 g/mol. The van der Waals surface area contributed by atoms with Crippen molar-refractivity contribution in [1.82, 2.24) is 10.6 Å². The van der Waals surface area contributed by atoms with E-state index in [4.69, 9.17) is 4.74 Å². The van der Waals surface area contributed by atoms with Crippen LogP contribution in [0.1, 0.15) is 50.7 Å². The van der Waals surface area contributed by atoms with Gasteiger partial charge in [-0.1, -0.05) is 45.0 Å². The van der Waals surface area contributed by atoms with Crippen LogP contribution in [0.15, 0.2) is 24.3 Å². The van der Waals surface area contributed by atoms with E-state index in [2.05, 4.69) is 55.7 Å². The largest absolute Gasteiger partial charge is 0.385 e. The van der Waals surface area contributed by atoms with Gasteiger partial charge in [0.05, 0.1) is 0 Å². The number of ether oxygens (including phenoxy) is 1. The van der Waals surface area contributed by atoms with Crippen molar-refractivity contribution in [3.63, 3.8) is 0 Å². The maximum Gasteiger partial charge on any atom is 0.0468 e. The number of nitrogens with one attached hydrogen (secondary N) is 2. The van der Waals surface area contributed by atoms with Crippen LogP contribution >= 0.6 is 0 Å². The van der Waals surface area contributed by atoms with E-state index < -0.39 is 0 Å². The van der Waals surface area contributed by atoms with E-state index in [-0.39, 0.29) is 5.41 Å². The van der Waals surface area contributed by atoms with Crippen LogP contribution in [0.2, 0.25) is 0 Å². The second-order valence-corrected chi connectivity index (χ2v) is 6.99. The summed E-state index contributed by atoms with van der Waals surface area (Å²) in [7, 11) is 3.77. The minimum absolute atomic E-state index is 0.218. The molecule has 0 aliphatic carbocycles. The van der Waals surface area contributed by atoms with Gasteiger partial charge in [0.1, 0.15) is 0 Å². The minimum atomic E-state index is 0.218. The van der Waals surface area contributed by atoms with E-state index >= 15 is 0 Å². The molecule has 1 atom stereocenters. The molecule has 3 nitrogen and oxygen atoms in total. The van der Waals surface area contributed by atoms with Gasteiger partial charge < -0.3 is 15.4 Å². The molecule has 1 unspecified atom stereocenters. The van der Waals surface area contributed by atoms with Gasteiger partial charge in [-0.3, -0.25) is 0 Å². The van der Waals surface area contributed by atoms with Crippen LogP contribution in [-0.4, -0.2) is 40.4 Å². The maximum atomic E-state index is 5.29. The zero-order chi connectivity index (χ0) is 16.4. The van der Waals surface area contributed by atoms with Crippen LogP contribution in [0.3, 0.4) is 0 Å². The van der Waals surface area contributed by atoms with Crippen LogP contribution in [-0.2, 0) is 10.2 Å². The Kier molecular flexibility index (Phi) is 8.69. The van der Waals surface area contributed by atoms with Gasteiger partial charge in [0, 0.05) is 26.8 Å². The van der Waals surface area contributed by atoms with Crippen molar-refractivity contribution in [3.05, 3.63) is 35.4 Å². The third-order valence-electron chi connectivity index (χ3n) is 4.14. The lowest BCUT2D eigenvalue weighted by molar-refractivity contribution is 0.186. The molecule has 0 saturated carbocycles. The molecule has 0 heterocycles. The van der Waals surface area contributed by atoms with Gasteiger partial charge in [-0.15, -0.1) is 0 Å². The first-order valence-electron chi connectivity index (χ1n) is 8.43. The number of rotatable bonds is 10. The molecule has 0 spiro atoms. The van der Waals surface area contributed by atoms with Crippen molar-refractivity contribution in [1.29, 1.82) is 0 Å². The summed E-state index contributed by atoms with van der Waals surface area (Å²) in [6.07, 6.45) is 2.24. The molecule has 0 bridgehead atoms. The molecule has 0 aliphatic heterocycles. The van der Waals surface area contributed by atoms with Gasteiger partial charge in [0.25, 0.3) is 0 Å². The Hall–Kier alpha value is -0.900. The number of hydrogen-bond donors (Lipinski definition) is 2. The van der Waals surface area contributed by atoms with E-state index in [0.29, 0.717) is 5.92 Å². The molecule has 22 heavy (non-hydrogen) atoms. The summed E-state index contributed by atoms with van der Waals surface area (Å²) < 4.78 is 5.29. The summed E-state index contributed by atoms with van der Waals surface area (Å²) in [5, 5.41) is 6.65. The van der Waals surface area contributed by atoms with Crippen LogP contribution in [0.5, 0.6) is 0 Å². The van der Waals surface area contributed by atoms with Crippen molar-refractivity contribution in [2.75, 3.05) is 40.4 Å². The van der Waals surface area contributed by atoms with E-state index in [9.17, 15) is 0 Å². The first kappa shape index (κ1) is 19.1. The molecule has 1 aromatic rings. The molecule has 1 rings (SSSR count). The molecule has 0 saturated heterocycles. The number of benzene rings is 1. The Balaban J connectivity index is 2.62. The Labute approximate surface area is 136 Å². The highest BCUT2D eigenvalue weighted by atomic mass is 16.5. The van der Waals surface area contributed by atoms with E-state index in [0.717, 1.165) is 39.1 Å². The first-order chi connectivity index (χ1) is 10.5. The molecule has 0 radical (unpaired) electrons. The van der Waals surface area contributed by atoms with Crippen molar-refractivity contribution >= 4 is 0 Å². The van der Waals surface area contributed by atoms with Gasteiger partial charge in [-0.25, -0.2) is 0 Å². The van der Waals surface area contributed by atoms with E-state index in [1.54, 1.807) is 7.11 Å². The normalized spacial score (nSPS) is 13.3. The number of likely N-dealkylation sites (N-methyl/N-ethyl adjacent to an activating group) is 1. The molecular weight excluding hydrogens is 272 g/mol. The Bertz CT molecular complexity index is 395. The zero-order valence-corrected chi connectivity index (χ0v) is 15.0. The highest BCUT2D eigenvalue weighted by Gasteiger charge is 2.15. The van der Waals surface area contributed by atoms with Gasteiger partial charge in [0.15, 0.2) is 0 Å². The third kappa shape index (κ3) is 6.91. The van der Waals surface area contributed by atoms with Crippen molar-refractivity contribution in [2.24, 2.45) is 0 Å². The SMILES string of the molecule is CNCCNCCC(CCOC)c1ccc(C(C)(C)C)cc1. The molecule has 2 N–H and O–H groups in total. The Morgan fingerprint density at radius 1 is 1.00 bits per heavy atom. The molecule has 0 aliphatic rings. The first-order valence-corrected chi connectivity index (χ1v) is 8.43. The summed E-state index contributed by atoms with van der Waals surface area (Å²) in [5.41, 5.74) is 3.05. The molecular formula is C19H34N2O. The molecule has 3 heteroatoms. The van der Waals surface area contributed by atoms with Gasteiger partial charge in [-0.2, -0.15) is 0 Å². The topological polar surface area (TPSA) is 33.3 Å². The third-order valence-corrected chi connectivity index (χ3v) is 4.14. The lowest BCUT2D eigenvalue weighted by Gasteiger charge is -2.22. The number of methoxy groups -OCH3 is 1. The average molecular weight is 306 g/mol. The molecule has 0 aromatic heterocycles. The Morgan fingerprint density at radius 3 is 2.23 bits per heavy atom. The molecule has 1 aromatic carbocycles. The fraction of sp³-hybridized carbons (Fsp3) is 0.684. The Morgan fingerprint density at radius 2 is 1.68 bits per heavy atom. The standard InChI is InChI=1S/C19H34N2O/c1-19(2,3)18-8-6-16(7-9-18)17(11-15-22-5)10-12-21-14-13-20-4/h6-9,17,20-21H,10-15H2,1-5H3. The lowest BCUT2D eigenvalue weighted by Crippen LogP contribution is -2.26. The smallest absolute Gasteiger partial charge is 0.0468 e. The van der Waals surface area contributed by atoms with Gasteiger partial charge >= 0.3 is 0 Å². The van der Waals surface area contributed by atoms with Crippen LogP contribution in [0.4, 0.5) is 0 Å². The average Bonchev–Trinajstić information content (AvgIpc) is 2.49. The summed E-state index contributed by atoms with van der Waals surface area (Å²) in [6, 6.07) is 9.16. The molecule has 126 valence electrons. The van der Waals surface area contributed by atoms with E-state index in [1.807, 2.05) is 7.05 Å². The lowest BCUT2D eigenvalue weighted by atomic mass is 9.84. The highest BCUT2D eigenvalue weighted by molar-refractivity contribution is 5.29. The summed E-state index contributed by atoms with van der Waals surface area (Å²) in [6.45, 7) is 10.7. The second-order valence-electron chi connectivity index (χ2n) is 6.99. The summed E-state index contributed by atoms with van der Waals surface area (Å²) in [5.74, 6) is 0.566. The molecule has 0 amide bonds. The van der Waals surface area contributed by atoms with Gasteiger partial charge in [-0.05, 0) is 48.9 Å². The number of hydrogen-bond acceptors (Lipinski definition) is 3. The maximum absolute atomic E-state index is 5.29. The highest BCUT2D eigenvalue weighted by Crippen LogP contribution is 2.27. The van der Waals surface area contributed by atoms with Crippen molar-refractivity contribution < 1.29 is 4.74 Å². The predicted octanol–water partition coefficient (Wildman–Crippen LogP) is 3.30. The predicted molar refractivity (Wildman–Crippen MR) is 95.8 cm³/mol. The van der Waals surface area contributed by atoms with Crippen molar-refractivity contribution in [2.45, 2.75) is 44.9 Å². The zero-order valence-electron chi connectivity index (χ0n) is 15.0. The van der Waals surface area contributed by atoms with E-state index in [1.165, 1.54) is 11.1 Å². The van der Waals surface area contributed by atoms with Crippen LogP contribution in [0, 0.1) is 0 Å². The minimum Gasteiger partial charge on any atom is -0.385 e. The summed E-state index contributed by atoms with van der Waals surface area (Å²) >= 11 is 0. The quantitative estimate of drug-likeness (QED) is 0.651. The fourth-order valence-electron chi connectivity index (χ4n) is 2.61. The van der Waals surface area contributed by atoms with Crippen molar-refractivity contribution in [3.8, 4) is 0 Å². The van der Waals surface area contributed by atoms with Crippen LogP contribution < -0.4 is 10.6 Å². The van der Waals surface area contributed by atoms with Crippen LogP contribution in [0.25, 0.3) is 0 Å². The fourth-order valence-corrected chi connectivity index (χ4v) is 2.61. The van der Waals surface area contributed by atoms with Gasteiger partial charge in [0.2, 0.25) is 0 Å². The summed E-state index contributed by atoms with van der Waals surface area (Å²) in [4.78, 5) is 0. The molecule has 0 fully saturated rings.